The summed E-state index contributed by atoms with van der Waals surface area (Å²) in [7, 11) is 0. The van der Waals surface area contributed by atoms with Crippen molar-refractivity contribution < 1.29 is 14.2 Å². The highest BCUT2D eigenvalue weighted by molar-refractivity contribution is 5.15. The molecule has 19 heavy (non-hydrogen) atoms. The highest BCUT2D eigenvalue weighted by Gasteiger charge is 2.77. The van der Waals surface area contributed by atoms with Gasteiger partial charge in [0.2, 0.25) is 0 Å². The van der Waals surface area contributed by atoms with Gasteiger partial charge in [-0.05, 0) is 39.5 Å². The average Bonchev–Trinajstić information content (AvgIpc) is 2.72. The van der Waals surface area contributed by atoms with Crippen LogP contribution in [0.25, 0.3) is 0 Å². The molecule has 2 atom stereocenters. The van der Waals surface area contributed by atoms with Crippen molar-refractivity contribution in [2.45, 2.75) is 101 Å². The van der Waals surface area contributed by atoms with Crippen LogP contribution in [0.4, 0.5) is 0 Å². The SMILES string of the molecule is C[C@]12OC3(CCCCC3)[C@](C)(OC13CCCCC3)O2. The highest BCUT2D eigenvalue weighted by Crippen LogP contribution is 2.65. The molecule has 4 rings (SSSR count). The first kappa shape index (κ1) is 12.6. The Kier molecular flexibility index (Phi) is 2.49. The van der Waals surface area contributed by atoms with E-state index in [1.165, 1.54) is 38.5 Å². The zero-order valence-corrected chi connectivity index (χ0v) is 12.3. The molecule has 108 valence electrons. The summed E-state index contributed by atoms with van der Waals surface area (Å²) >= 11 is 0. The number of hydrogen-bond donors (Lipinski definition) is 0. The molecule has 0 amide bonds. The van der Waals surface area contributed by atoms with E-state index < -0.39 is 11.6 Å². The van der Waals surface area contributed by atoms with E-state index in [1.54, 1.807) is 0 Å². The molecule has 2 bridgehead atoms. The molecule has 4 aliphatic rings. The van der Waals surface area contributed by atoms with E-state index in [2.05, 4.69) is 13.8 Å². The van der Waals surface area contributed by atoms with Crippen molar-refractivity contribution >= 4 is 0 Å². The molecule has 2 aliphatic carbocycles. The largest absolute Gasteiger partial charge is 0.335 e. The Morgan fingerprint density at radius 1 is 0.526 bits per heavy atom. The van der Waals surface area contributed by atoms with Gasteiger partial charge in [0, 0.05) is 0 Å². The zero-order chi connectivity index (χ0) is 13.2. The van der Waals surface area contributed by atoms with Crippen LogP contribution in [-0.2, 0) is 14.2 Å². The normalized spacial score (nSPS) is 47.1. The van der Waals surface area contributed by atoms with E-state index in [9.17, 15) is 0 Å². The zero-order valence-electron chi connectivity index (χ0n) is 12.3. The van der Waals surface area contributed by atoms with Gasteiger partial charge in [0.15, 0.2) is 11.6 Å². The molecule has 3 heteroatoms. The maximum atomic E-state index is 6.63. The topological polar surface area (TPSA) is 27.7 Å². The summed E-state index contributed by atoms with van der Waals surface area (Å²) < 4.78 is 19.6. The second-order valence-electron chi connectivity index (χ2n) is 7.31. The van der Waals surface area contributed by atoms with Crippen LogP contribution in [-0.4, -0.2) is 22.8 Å². The van der Waals surface area contributed by atoms with Crippen molar-refractivity contribution in [2.24, 2.45) is 0 Å². The van der Waals surface area contributed by atoms with Crippen LogP contribution in [0.5, 0.6) is 0 Å². The minimum atomic E-state index is -0.514. The second kappa shape index (κ2) is 3.75. The Morgan fingerprint density at radius 3 is 1.21 bits per heavy atom. The number of rotatable bonds is 0. The fourth-order valence-corrected chi connectivity index (χ4v) is 5.07. The molecule has 2 heterocycles. The Labute approximate surface area is 116 Å². The Hall–Kier alpha value is -0.120. The summed E-state index contributed by atoms with van der Waals surface area (Å²) in [5, 5.41) is 0. The first-order valence-electron chi connectivity index (χ1n) is 8.14. The molecule has 2 saturated carbocycles. The van der Waals surface area contributed by atoms with E-state index >= 15 is 0 Å². The van der Waals surface area contributed by atoms with Crippen LogP contribution in [0.15, 0.2) is 0 Å². The molecule has 0 aromatic rings. The van der Waals surface area contributed by atoms with Gasteiger partial charge in [0.05, 0.1) is 0 Å². The fourth-order valence-electron chi connectivity index (χ4n) is 5.07. The first-order chi connectivity index (χ1) is 9.04. The van der Waals surface area contributed by atoms with Crippen LogP contribution in [0.3, 0.4) is 0 Å². The highest BCUT2D eigenvalue weighted by atomic mass is 16.9. The van der Waals surface area contributed by atoms with Gasteiger partial charge in [-0.3, -0.25) is 0 Å². The van der Waals surface area contributed by atoms with Gasteiger partial charge >= 0.3 is 0 Å². The lowest BCUT2D eigenvalue weighted by Gasteiger charge is -2.52. The maximum Gasteiger partial charge on any atom is 0.198 e. The van der Waals surface area contributed by atoms with Crippen molar-refractivity contribution in [1.82, 2.24) is 0 Å². The maximum absolute atomic E-state index is 6.63. The van der Waals surface area contributed by atoms with Gasteiger partial charge in [0.1, 0.15) is 11.2 Å². The minimum absolute atomic E-state index is 0.178. The van der Waals surface area contributed by atoms with Gasteiger partial charge in [-0.15, -0.1) is 0 Å². The summed E-state index contributed by atoms with van der Waals surface area (Å²) in [4.78, 5) is 0. The fraction of sp³-hybridized carbons (Fsp3) is 1.00. The van der Waals surface area contributed by atoms with Gasteiger partial charge in [-0.25, -0.2) is 0 Å². The first-order valence-corrected chi connectivity index (χ1v) is 8.14. The summed E-state index contributed by atoms with van der Waals surface area (Å²) in [6.45, 7) is 4.26. The number of ether oxygens (including phenoxy) is 3. The number of hydrogen-bond acceptors (Lipinski definition) is 3. The Morgan fingerprint density at radius 2 is 0.895 bits per heavy atom. The molecule has 0 unspecified atom stereocenters. The Balaban J connectivity index is 1.69. The Bertz CT molecular complexity index is 345. The molecule has 0 radical (unpaired) electrons. The van der Waals surface area contributed by atoms with Gasteiger partial charge in [0.25, 0.3) is 0 Å². The summed E-state index contributed by atoms with van der Waals surface area (Å²) in [6.07, 6.45) is 12.0. The molecule has 2 saturated heterocycles. The smallest absolute Gasteiger partial charge is 0.198 e. The molecule has 2 aliphatic heterocycles. The summed E-state index contributed by atoms with van der Waals surface area (Å²) in [5.74, 6) is -1.03. The van der Waals surface area contributed by atoms with E-state index in [-0.39, 0.29) is 11.2 Å². The van der Waals surface area contributed by atoms with Crippen LogP contribution < -0.4 is 0 Å². The van der Waals surface area contributed by atoms with Crippen LogP contribution in [0, 0.1) is 0 Å². The molecule has 2 spiro atoms. The predicted molar refractivity (Wildman–Crippen MR) is 71.7 cm³/mol. The number of fused-ring (bicyclic) bond motifs is 4. The van der Waals surface area contributed by atoms with E-state index in [0.29, 0.717) is 0 Å². The van der Waals surface area contributed by atoms with Gasteiger partial charge in [-0.2, -0.15) is 0 Å². The quantitative estimate of drug-likeness (QED) is 0.665. The van der Waals surface area contributed by atoms with E-state index in [1.807, 2.05) is 0 Å². The molecule has 4 fully saturated rings. The van der Waals surface area contributed by atoms with Crippen LogP contribution in [0.1, 0.15) is 78.1 Å². The third-order valence-corrected chi connectivity index (χ3v) is 6.15. The molecular formula is C16H26O3. The molecular weight excluding hydrogens is 240 g/mol. The van der Waals surface area contributed by atoms with Crippen LogP contribution >= 0.6 is 0 Å². The average molecular weight is 266 g/mol. The van der Waals surface area contributed by atoms with Crippen molar-refractivity contribution in [1.29, 1.82) is 0 Å². The van der Waals surface area contributed by atoms with E-state index in [4.69, 9.17) is 14.2 Å². The lowest BCUT2D eigenvalue weighted by molar-refractivity contribution is -0.316. The van der Waals surface area contributed by atoms with Crippen LogP contribution in [0.2, 0.25) is 0 Å². The van der Waals surface area contributed by atoms with E-state index in [0.717, 1.165) is 25.7 Å². The second-order valence-corrected chi connectivity index (χ2v) is 7.31. The van der Waals surface area contributed by atoms with Crippen molar-refractivity contribution in [3.63, 3.8) is 0 Å². The molecule has 0 aromatic carbocycles. The van der Waals surface area contributed by atoms with Gasteiger partial charge in [-0.1, -0.05) is 38.5 Å². The third-order valence-electron chi connectivity index (χ3n) is 6.15. The summed E-state index contributed by atoms with van der Waals surface area (Å²) in [6, 6.07) is 0. The lowest BCUT2D eigenvalue weighted by atomic mass is 9.75. The monoisotopic (exact) mass is 266 g/mol. The van der Waals surface area contributed by atoms with Crippen molar-refractivity contribution in [3.8, 4) is 0 Å². The molecule has 3 nitrogen and oxygen atoms in total. The summed E-state index contributed by atoms with van der Waals surface area (Å²) in [5.41, 5.74) is -0.356. The lowest BCUT2D eigenvalue weighted by Crippen LogP contribution is -2.63. The molecule has 0 N–H and O–H groups in total. The molecule has 0 aromatic heterocycles. The standard InChI is InChI=1S/C16H26O3/c1-13-15(9-5-3-6-10-15)19-14(2,17-13)16(18-13)11-7-4-8-12-16/h3-12H2,1-2H3/t13-,14-/m0/s1. The van der Waals surface area contributed by atoms with Crippen molar-refractivity contribution in [2.75, 3.05) is 0 Å². The predicted octanol–water partition coefficient (Wildman–Crippen LogP) is 3.90. The van der Waals surface area contributed by atoms with Crippen molar-refractivity contribution in [3.05, 3.63) is 0 Å². The third kappa shape index (κ3) is 1.44. The van der Waals surface area contributed by atoms with Gasteiger partial charge < -0.3 is 14.2 Å². The minimum Gasteiger partial charge on any atom is -0.335 e.